The van der Waals surface area contributed by atoms with E-state index >= 15 is 0 Å². The third kappa shape index (κ3) is 5.02. The maximum Gasteiger partial charge on any atom is 0.273 e. The summed E-state index contributed by atoms with van der Waals surface area (Å²) < 4.78 is 3.75. The molecule has 1 aromatic carbocycles. The third-order valence-corrected chi connectivity index (χ3v) is 5.46. The summed E-state index contributed by atoms with van der Waals surface area (Å²) in [5.74, 6) is -1.08. The Morgan fingerprint density at radius 3 is 2.39 bits per heavy atom. The van der Waals surface area contributed by atoms with E-state index in [1.54, 1.807) is 5.38 Å². The van der Waals surface area contributed by atoms with E-state index in [2.05, 4.69) is 20.2 Å². The number of carbonyl (C=O) groups excluding carboxylic acids is 2. The summed E-state index contributed by atoms with van der Waals surface area (Å²) in [4.78, 5) is 26.9. The van der Waals surface area contributed by atoms with Gasteiger partial charge < -0.3 is 10.6 Å². The molecule has 2 unspecified atom stereocenters. The Kier molecular flexibility index (Phi) is 6.21. The van der Waals surface area contributed by atoms with Crippen molar-refractivity contribution in [3.63, 3.8) is 0 Å². The Bertz CT molecular complexity index is 904. The normalized spacial score (nSPS) is 13.5. The largest absolute Gasteiger partial charge is 0.351 e. The van der Waals surface area contributed by atoms with Gasteiger partial charge in [0.2, 0.25) is 5.91 Å². The van der Waals surface area contributed by atoms with Gasteiger partial charge in [-0.25, -0.2) is 0 Å². The molecule has 0 saturated heterocycles. The molecule has 2 aromatic heterocycles. The van der Waals surface area contributed by atoms with Gasteiger partial charge in [-0.3, -0.25) is 9.59 Å². The summed E-state index contributed by atoms with van der Waals surface area (Å²) in [7, 11) is 0. The number of carbonyl (C=O) groups is 2. The van der Waals surface area contributed by atoms with Gasteiger partial charge in [-0.15, -0.1) is 16.4 Å². The molecule has 28 heavy (non-hydrogen) atoms. The summed E-state index contributed by atoms with van der Waals surface area (Å²) in [6.45, 7) is 5.81. The van der Waals surface area contributed by atoms with E-state index in [1.165, 1.54) is 11.3 Å². The molecule has 2 N–H and O–H groups in total. The lowest BCUT2D eigenvalue weighted by molar-refractivity contribution is -0.124. The zero-order chi connectivity index (χ0) is 20.1. The van der Waals surface area contributed by atoms with Crippen LogP contribution >= 0.6 is 22.9 Å². The van der Waals surface area contributed by atoms with E-state index in [9.17, 15) is 9.59 Å². The first-order chi connectivity index (χ1) is 13.3. The van der Waals surface area contributed by atoms with E-state index in [-0.39, 0.29) is 17.5 Å². The fourth-order valence-corrected chi connectivity index (χ4v) is 4.12. The topological polar surface area (TPSA) is 84.0 Å². The molecule has 8 heteroatoms. The number of nitrogens with one attached hydrogen (secondary N) is 2. The Hall–Kier alpha value is -2.58. The van der Waals surface area contributed by atoms with Crippen molar-refractivity contribution >= 4 is 34.7 Å². The smallest absolute Gasteiger partial charge is 0.273 e. The Labute approximate surface area is 172 Å². The molecule has 0 aliphatic carbocycles. The number of hydrogen-bond donors (Lipinski definition) is 2. The van der Waals surface area contributed by atoms with Crippen molar-refractivity contribution in [2.24, 2.45) is 0 Å². The van der Waals surface area contributed by atoms with Crippen molar-refractivity contribution in [2.45, 2.75) is 38.3 Å². The van der Waals surface area contributed by atoms with Crippen LogP contribution in [0.5, 0.6) is 0 Å². The molecule has 3 rings (SSSR count). The van der Waals surface area contributed by atoms with Gasteiger partial charge in [-0.05, 0) is 49.3 Å². The maximum atomic E-state index is 13.3. The van der Waals surface area contributed by atoms with Gasteiger partial charge in [0.25, 0.3) is 5.91 Å². The number of benzene rings is 1. The van der Waals surface area contributed by atoms with E-state index in [0.717, 1.165) is 22.0 Å². The van der Waals surface area contributed by atoms with Crippen LogP contribution in [0.25, 0.3) is 0 Å². The van der Waals surface area contributed by atoms with Gasteiger partial charge in [-0.1, -0.05) is 40.9 Å². The lowest BCUT2D eigenvalue weighted by Crippen LogP contribution is -2.46. The highest BCUT2D eigenvalue weighted by Gasteiger charge is 2.35. The highest BCUT2D eigenvalue weighted by Crippen LogP contribution is 2.34. The molecule has 0 bridgehead atoms. The third-order valence-electron chi connectivity index (χ3n) is 4.00. The number of hydrogen-bond acceptors (Lipinski definition) is 6. The Morgan fingerprint density at radius 2 is 1.82 bits per heavy atom. The number of rotatable bonds is 6. The van der Waals surface area contributed by atoms with Gasteiger partial charge in [0, 0.05) is 15.8 Å². The summed E-state index contributed by atoms with van der Waals surface area (Å²) >= 11 is 2.61. The second-order valence-corrected chi connectivity index (χ2v) is 8.97. The van der Waals surface area contributed by atoms with E-state index in [4.69, 9.17) is 0 Å². The monoisotopic (exact) mass is 414 g/mol. The zero-order valence-corrected chi connectivity index (χ0v) is 17.5. The maximum absolute atomic E-state index is 13.3. The zero-order valence-electron chi connectivity index (χ0n) is 15.9. The molecule has 2 amide bonds. The Morgan fingerprint density at radius 1 is 1.07 bits per heavy atom. The quantitative estimate of drug-likeness (QED) is 0.643. The van der Waals surface area contributed by atoms with Crippen LogP contribution in [0.2, 0.25) is 0 Å². The number of nitrogens with zero attached hydrogens (tertiary/aromatic N) is 2. The SMILES string of the molecule is CC(C)(C)NC(=O)C(c1ccccc1)C(NC(=O)c1csnn1)c1cccs1. The minimum absolute atomic E-state index is 0.145. The molecular formula is C20H22N4O2S2. The molecule has 6 nitrogen and oxygen atoms in total. The van der Waals surface area contributed by atoms with Crippen LogP contribution in [0, 0.1) is 0 Å². The second kappa shape index (κ2) is 8.62. The highest BCUT2D eigenvalue weighted by atomic mass is 32.1. The fourth-order valence-electron chi connectivity index (χ4n) is 2.87. The standard InChI is InChI=1S/C20H22N4O2S2/c1-20(2,3)22-19(26)16(13-8-5-4-6-9-13)17(15-10-7-11-27-15)21-18(25)14-12-28-24-23-14/h4-12,16-17H,1-3H3,(H,21,25)(H,22,26). The van der Waals surface area contributed by atoms with Crippen molar-refractivity contribution in [3.8, 4) is 0 Å². The van der Waals surface area contributed by atoms with Crippen LogP contribution in [0.15, 0.2) is 53.2 Å². The van der Waals surface area contributed by atoms with Gasteiger partial charge in [-0.2, -0.15) is 0 Å². The van der Waals surface area contributed by atoms with Crippen LogP contribution in [-0.2, 0) is 4.79 Å². The minimum atomic E-state index is -0.588. The van der Waals surface area contributed by atoms with Gasteiger partial charge in [0.15, 0.2) is 5.69 Å². The number of aromatic nitrogens is 2. The fraction of sp³-hybridized carbons (Fsp3) is 0.300. The van der Waals surface area contributed by atoms with Gasteiger partial charge in [0.05, 0.1) is 12.0 Å². The summed E-state index contributed by atoms with van der Waals surface area (Å²) in [5.41, 5.74) is 0.682. The van der Waals surface area contributed by atoms with Crippen LogP contribution in [-0.4, -0.2) is 26.9 Å². The van der Waals surface area contributed by atoms with Crippen LogP contribution in [0.4, 0.5) is 0 Å². The molecule has 0 spiro atoms. The van der Waals surface area contributed by atoms with Gasteiger partial charge in [0.1, 0.15) is 0 Å². The predicted molar refractivity (Wildman–Crippen MR) is 112 cm³/mol. The minimum Gasteiger partial charge on any atom is -0.351 e. The van der Waals surface area contributed by atoms with Crippen molar-refractivity contribution in [1.82, 2.24) is 20.2 Å². The van der Waals surface area contributed by atoms with Crippen molar-refractivity contribution in [1.29, 1.82) is 0 Å². The van der Waals surface area contributed by atoms with Gasteiger partial charge >= 0.3 is 0 Å². The van der Waals surface area contributed by atoms with E-state index < -0.39 is 17.5 Å². The summed E-state index contributed by atoms with van der Waals surface area (Å²) in [5, 5.41) is 13.4. The lowest BCUT2D eigenvalue weighted by atomic mass is 9.88. The average molecular weight is 415 g/mol. The van der Waals surface area contributed by atoms with Crippen molar-refractivity contribution in [2.75, 3.05) is 0 Å². The molecule has 146 valence electrons. The molecule has 2 atom stereocenters. The molecule has 0 aliphatic rings. The van der Waals surface area contributed by atoms with E-state index in [1.807, 2.05) is 68.6 Å². The van der Waals surface area contributed by atoms with Crippen LogP contribution in [0.3, 0.4) is 0 Å². The van der Waals surface area contributed by atoms with Crippen molar-refractivity contribution in [3.05, 3.63) is 69.4 Å². The van der Waals surface area contributed by atoms with Crippen LogP contribution < -0.4 is 10.6 Å². The highest BCUT2D eigenvalue weighted by molar-refractivity contribution is 7.10. The summed E-state index contributed by atoms with van der Waals surface area (Å²) in [6, 6.07) is 12.8. The lowest BCUT2D eigenvalue weighted by Gasteiger charge is -2.30. The molecule has 2 heterocycles. The number of amides is 2. The summed E-state index contributed by atoms with van der Waals surface area (Å²) in [6.07, 6.45) is 0. The first-order valence-electron chi connectivity index (χ1n) is 8.83. The predicted octanol–water partition coefficient (Wildman–Crippen LogP) is 3.77. The Balaban J connectivity index is 2.01. The second-order valence-electron chi connectivity index (χ2n) is 7.38. The molecule has 3 aromatic rings. The molecule has 0 radical (unpaired) electrons. The van der Waals surface area contributed by atoms with E-state index in [0.29, 0.717) is 0 Å². The average Bonchev–Trinajstić information content (AvgIpc) is 3.34. The molecular weight excluding hydrogens is 392 g/mol. The first kappa shape index (κ1) is 20.2. The first-order valence-corrected chi connectivity index (χ1v) is 10.5. The number of thiophene rings is 1. The van der Waals surface area contributed by atoms with Crippen LogP contribution in [0.1, 0.15) is 53.7 Å². The molecule has 0 aliphatic heterocycles. The molecule has 0 saturated carbocycles. The van der Waals surface area contributed by atoms with Crippen molar-refractivity contribution < 1.29 is 9.59 Å². The molecule has 0 fully saturated rings.